The zero-order valence-corrected chi connectivity index (χ0v) is 6.78. The summed E-state index contributed by atoms with van der Waals surface area (Å²) in [5.74, 6) is 0.696. The molecule has 0 aromatic rings. The Bertz CT molecular complexity index is 172. The fraction of sp³-hybridized carbons (Fsp3) is 1.00. The van der Waals surface area contributed by atoms with Gasteiger partial charge in [-0.1, -0.05) is 0 Å². The molecule has 0 aromatic heterocycles. The molecule has 0 aromatic carbocycles. The third-order valence-corrected chi connectivity index (χ3v) is 3.39. The highest BCUT2D eigenvalue weighted by atomic mass is 32.2. The van der Waals surface area contributed by atoms with Crippen LogP contribution in [-0.4, -0.2) is 33.0 Å². The fourth-order valence-corrected chi connectivity index (χ4v) is 2.33. The van der Waals surface area contributed by atoms with Gasteiger partial charge in [0.1, 0.15) is 0 Å². The van der Waals surface area contributed by atoms with E-state index in [1.807, 2.05) is 0 Å². The molecule has 4 heteroatoms. The summed E-state index contributed by atoms with van der Waals surface area (Å²) in [5, 5.41) is 3.06. The topological polar surface area (TPSA) is 46.2 Å². The molecule has 0 unspecified atom stereocenters. The predicted octanol–water partition coefficient (Wildman–Crippen LogP) is -0.215. The Morgan fingerprint density at radius 2 is 1.80 bits per heavy atom. The number of hydrogen-bond donors (Lipinski definition) is 1. The number of rotatable bonds is 0. The van der Waals surface area contributed by atoms with Crippen molar-refractivity contribution in [2.45, 2.75) is 12.8 Å². The first-order valence-electron chi connectivity index (χ1n) is 3.62. The van der Waals surface area contributed by atoms with Crippen molar-refractivity contribution in [2.75, 3.05) is 24.6 Å². The molecular formula is C6H13NO2S. The second-order valence-corrected chi connectivity index (χ2v) is 4.91. The second kappa shape index (κ2) is 3.34. The molecule has 0 saturated carbocycles. The molecule has 1 fully saturated rings. The average molecular weight is 163 g/mol. The first kappa shape index (κ1) is 8.01. The fourth-order valence-electron chi connectivity index (χ4n) is 1.03. The Kier molecular flexibility index (Phi) is 2.68. The van der Waals surface area contributed by atoms with Crippen molar-refractivity contribution in [1.29, 1.82) is 0 Å². The van der Waals surface area contributed by atoms with Gasteiger partial charge in [-0.25, -0.2) is 8.42 Å². The lowest BCUT2D eigenvalue weighted by Gasteiger charge is -2.09. The summed E-state index contributed by atoms with van der Waals surface area (Å²) in [6, 6.07) is 0. The van der Waals surface area contributed by atoms with Crippen LogP contribution in [-0.2, 0) is 9.84 Å². The number of nitrogens with one attached hydrogen (secondary N) is 1. The molecule has 1 aliphatic heterocycles. The molecule has 1 aliphatic rings. The summed E-state index contributed by atoms with van der Waals surface area (Å²) >= 11 is 0. The quantitative estimate of drug-likeness (QED) is 0.537. The van der Waals surface area contributed by atoms with E-state index in [0.29, 0.717) is 18.1 Å². The van der Waals surface area contributed by atoms with E-state index in [9.17, 15) is 8.42 Å². The largest absolute Gasteiger partial charge is 0.316 e. The van der Waals surface area contributed by atoms with Crippen LogP contribution in [0.4, 0.5) is 0 Å². The van der Waals surface area contributed by atoms with Crippen molar-refractivity contribution >= 4 is 9.84 Å². The van der Waals surface area contributed by atoms with E-state index >= 15 is 0 Å². The molecule has 1 rings (SSSR count). The van der Waals surface area contributed by atoms with Crippen molar-refractivity contribution in [3.63, 3.8) is 0 Å². The molecule has 1 saturated heterocycles. The lowest BCUT2D eigenvalue weighted by molar-refractivity contribution is 0.572. The van der Waals surface area contributed by atoms with Crippen LogP contribution in [0.2, 0.25) is 0 Å². The monoisotopic (exact) mass is 163 g/mol. The first-order valence-corrected chi connectivity index (χ1v) is 5.44. The summed E-state index contributed by atoms with van der Waals surface area (Å²) in [6.45, 7) is 1.60. The van der Waals surface area contributed by atoms with Crippen LogP contribution >= 0.6 is 0 Å². The Balaban J connectivity index is 2.46. The molecule has 0 amide bonds. The van der Waals surface area contributed by atoms with E-state index < -0.39 is 9.84 Å². The average Bonchev–Trinajstić information content (AvgIpc) is 1.81. The third kappa shape index (κ3) is 2.66. The van der Waals surface area contributed by atoms with Gasteiger partial charge in [-0.3, -0.25) is 0 Å². The van der Waals surface area contributed by atoms with E-state index in [4.69, 9.17) is 0 Å². The standard InChI is InChI=1S/C6H13NO2S/c8-10(9)5-2-1-3-7-4-6-10/h7H,1-6H2. The van der Waals surface area contributed by atoms with Gasteiger partial charge in [-0.05, 0) is 19.4 Å². The van der Waals surface area contributed by atoms with Gasteiger partial charge in [-0.2, -0.15) is 0 Å². The highest BCUT2D eigenvalue weighted by Crippen LogP contribution is 1.98. The summed E-state index contributed by atoms with van der Waals surface area (Å²) in [6.07, 6.45) is 1.80. The van der Waals surface area contributed by atoms with Crippen molar-refractivity contribution in [3.05, 3.63) is 0 Å². The molecule has 3 nitrogen and oxygen atoms in total. The maximum absolute atomic E-state index is 11.0. The molecule has 60 valence electrons. The zero-order valence-electron chi connectivity index (χ0n) is 5.97. The smallest absolute Gasteiger partial charge is 0.151 e. The van der Waals surface area contributed by atoms with E-state index in [2.05, 4.69) is 5.32 Å². The molecule has 0 aliphatic carbocycles. The van der Waals surface area contributed by atoms with E-state index in [0.717, 1.165) is 19.4 Å². The molecule has 1 N–H and O–H groups in total. The van der Waals surface area contributed by atoms with Crippen LogP contribution in [0.15, 0.2) is 0 Å². The van der Waals surface area contributed by atoms with E-state index in [1.165, 1.54) is 0 Å². The first-order chi connectivity index (χ1) is 4.71. The Hall–Kier alpha value is -0.0900. The number of sulfone groups is 1. The normalized spacial score (nSPS) is 26.8. The SMILES string of the molecule is O=S1(=O)CCCCNCC1. The summed E-state index contributed by atoms with van der Waals surface area (Å²) in [7, 11) is -2.71. The molecule has 0 radical (unpaired) electrons. The molecule has 10 heavy (non-hydrogen) atoms. The molecule has 0 bridgehead atoms. The van der Waals surface area contributed by atoms with Gasteiger partial charge in [0.05, 0.1) is 11.5 Å². The Morgan fingerprint density at radius 1 is 1.00 bits per heavy atom. The van der Waals surface area contributed by atoms with Crippen LogP contribution in [0.5, 0.6) is 0 Å². The highest BCUT2D eigenvalue weighted by molar-refractivity contribution is 7.91. The molecule has 0 spiro atoms. The highest BCUT2D eigenvalue weighted by Gasteiger charge is 2.11. The van der Waals surface area contributed by atoms with Crippen molar-refractivity contribution < 1.29 is 8.42 Å². The van der Waals surface area contributed by atoms with Gasteiger partial charge < -0.3 is 5.32 Å². The van der Waals surface area contributed by atoms with E-state index in [-0.39, 0.29) is 0 Å². The molecule has 0 atom stereocenters. The minimum absolute atomic E-state index is 0.312. The van der Waals surface area contributed by atoms with Gasteiger partial charge in [0.15, 0.2) is 9.84 Å². The van der Waals surface area contributed by atoms with Crippen LogP contribution < -0.4 is 5.32 Å². The summed E-state index contributed by atoms with van der Waals surface area (Å²) in [4.78, 5) is 0. The van der Waals surface area contributed by atoms with Crippen molar-refractivity contribution in [1.82, 2.24) is 5.32 Å². The van der Waals surface area contributed by atoms with E-state index in [1.54, 1.807) is 0 Å². The third-order valence-electron chi connectivity index (χ3n) is 1.65. The van der Waals surface area contributed by atoms with Crippen molar-refractivity contribution in [3.8, 4) is 0 Å². The molecular weight excluding hydrogens is 150 g/mol. The van der Waals surface area contributed by atoms with Gasteiger partial charge in [0.2, 0.25) is 0 Å². The zero-order chi connectivity index (χ0) is 7.45. The lowest BCUT2D eigenvalue weighted by Crippen LogP contribution is -2.28. The minimum atomic E-state index is -2.71. The van der Waals surface area contributed by atoms with Crippen LogP contribution in [0.1, 0.15) is 12.8 Å². The second-order valence-electron chi connectivity index (χ2n) is 2.61. The summed E-state index contributed by atoms with van der Waals surface area (Å²) in [5.41, 5.74) is 0. The van der Waals surface area contributed by atoms with Crippen molar-refractivity contribution in [2.24, 2.45) is 0 Å². The number of hydrogen-bond acceptors (Lipinski definition) is 3. The minimum Gasteiger partial charge on any atom is -0.316 e. The van der Waals surface area contributed by atoms with Crippen LogP contribution in [0, 0.1) is 0 Å². The Morgan fingerprint density at radius 3 is 2.60 bits per heavy atom. The maximum atomic E-state index is 11.0. The van der Waals surface area contributed by atoms with Crippen LogP contribution in [0.25, 0.3) is 0 Å². The lowest BCUT2D eigenvalue weighted by atomic mass is 10.3. The Labute approximate surface area is 61.7 Å². The summed E-state index contributed by atoms with van der Waals surface area (Å²) < 4.78 is 22.0. The van der Waals surface area contributed by atoms with Gasteiger partial charge in [0, 0.05) is 6.54 Å². The maximum Gasteiger partial charge on any atom is 0.151 e. The van der Waals surface area contributed by atoms with Gasteiger partial charge in [-0.15, -0.1) is 0 Å². The van der Waals surface area contributed by atoms with Gasteiger partial charge >= 0.3 is 0 Å². The van der Waals surface area contributed by atoms with Crippen LogP contribution in [0.3, 0.4) is 0 Å². The predicted molar refractivity (Wildman–Crippen MR) is 40.8 cm³/mol. The van der Waals surface area contributed by atoms with Gasteiger partial charge in [0.25, 0.3) is 0 Å². The molecule has 1 heterocycles.